The summed E-state index contributed by atoms with van der Waals surface area (Å²) in [5.41, 5.74) is 1.27. The lowest BCUT2D eigenvalue weighted by Crippen LogP contribution is -2.24. The average molecular weight is 263 g/mol. The molecular formula is C17H29NO. The second-order valence-electron chi connectivity index (χ2n) is 5.51. The summed E-state index contributed by atoms with van der Waals surface area (Å²) in [5.74, 6) is 0.761. The Morgan fingerprint density at radius 1 is 1.16 bits per heavy atom. The monoisotopic (exact) mass is 263 g/mol. The van der Waals surface area contributed by atoms with E-state index in [0.29, 0.717) is 0 Å². The Hall–Kier alpha value is -0.860. The summed E-state index contributed by atoms with van der Waals surface area (Å²) < 4.78 is 6.06. The predicted octanol–water partition coefficient (Wildman–Crippen LogP) is 4.18. The Morgan fingerprint density at radius 2 is 1.89 bits per heavy atom. The summed E-state index contributed by atoms with van der Waals surface area (Å²) in [6, 6.07) is 10.5. The number of benzene rings is 1. The van der Waals surface area contributed by atoms with E-state index in [4.69, 9.17) is 4.74 Å². The molecule has 0 aliphatic rings. The van der Waals surface area contributed by atoms with E-state index < -0.39 is 0 Å². The zero-order valence-electron chi connectivity index (χ0n) is 12.7. The van der Waals surface area contributed by atoms with Crippen LogP contribution in [0.3, 0.4) is 0 Å². The molecule has 1 unspecified atom stereocenters. The minimum absolute atomic E-state index is 0.180. The van der Waals surface area contributed by atoms with E-state index in [0.717, 1.165) is 38.5 Å². The Balaban J connectivity index is 2.41. The van der Waals surface area contributed by atoms with Gasteiger partial charge in [0, 0.05) is 13.2 Å². The predicted molar refractivity (Wildman–Crippen MR) is 82.4 cm³/mol. The van der Waals surface area contributed by atoms with Crippen molar-refractivity contribution in [2.24, 2.45) is 5.92 Å². The lowest BCUT2D eigenvalue weighted by atomic mass is 10.1. The molecule has 0 aliphatic carbocycles. The minimum Gasteiger partial charge on any atom is -0.372 e. The third kappa shape index (κ3) is 7.34. The Kier molecular flexibility index (Phi) is 8.52. The topological polar surface area (TPSA) is 21.3 Å². The maximum atomic E-state index is 6.06. The van der Waals surface area contributed by atoms with Crippen molar-refractivity contribution in [3.05, 3.63) is 35.9 Å². The van der Waals surface area contributed by atoms with Crippen molar-refractivity contribution < 1.29 is 4.74 Å². The molecule has 0 aliphatic heterocycles. The lowest BCUT2D eigenvalue weighted by Gasteiger charge is -2.19. The van der Waals surface area contributed by atoms with Gasteiger partial charge in [-0.05, 0) is 37.3 Å². The fourth-order valence-corrected chi connectivity index (χ4v) is 2.07. The van der Waals surface area contributed by atoms with Crippen molar-refractivity contribution in [1.82, 2.24) is 5.32 Å². The standard InChI is InChI=1S/C17H29NO/c1-4-12-18-14-17(16-10-6-5-7-11-16)19-13-8-9-15(2)3/h5-7,10-11,15,17-18H,4,8-9,12-14H2,1-3H3. The van der Waals surface area contributed by atoms with Gasteiger partial charge < -0.3 is 10.1 Å². The molecule has 0 bridgehead atoms. The van der Waals surface area contributed by atoms with Gasteiger partial charge in [0.15, 0.2) is 0 Å². The first-order chi connectivity index (χ1) is 9.24. The van der Waals surface area contributed by atoms with E-state index in [2.05, 4.69) is 56.4 Å². The fraction of sp³-hybridized carbons (Fsp3) is 0.647. The van der Waals surface area contributed by atoms with E-state index >= 15 is 0 Å². The highest BCUT2D eigenvalue weighted by Gasteiger charge is 2.11. The second-order valence-corrected chi connectivity index (χ2v) is 5.51. The summed E-state index contributed by atoms with van der Waals surface area (Å²) in [6.45, 7) is 9.52. The van der Waals surface area contributed by atoms with Gasteiger partial charge in [0.25, 0.3) is 0 Å². The molecule has 0 fully saturated rings. The third-order valence-electron chi connectivity index (χ3n) is 3.17. The van der Waals surface area contributed by atoms with Crippen LogP contribution in [0.5, 0.6) is 0 Å². The first-order valence-corrected chi connectivity index (χ1v) is 7.61. The second kappa shape index (κ2) is 9.99. The Bertz CT molecular complexity index is 310. The van der Waals surface area contributed by atoms with Crippen LogP contribution in [0.1, 0.15) is 51.7 Å². The van der Waals surface area contributed by atoms with Crippen molar-refractivity contribution >= 4 is 0 Å². The lowest BCUT2D eigenvalue weighted by molar-refractivity contribution is 0.0488. The number of ether oxygens (including phenoxy) is 1. The highest BCUT2D eigenvalue weighted by molar-refractivity contribution is 5.17. The van der Waals surface area contributed by atoms with E-state index in [1.807, 2.05) is 0 Å². The normalized spacial score (nSPS) is 12.8. The molecule has 1 atom stereocenters. The quantitative estimate of drug-likeness (QED) is 0.639. The summed E-state index contributed by atoms with van der Waals surface area (Å²) >= 11 is 0. The van der Waals surface area contributed by atoms with Gasteiger partial charge in [-0.15, -0.1) is 0 Å². The van der Waals surface area contributed by atoms with Crippen LogP contribution < -0.4 is 5.32 Å². The van der Waals surface area contributed by atoms with E-state index in [-0.39, 0.29) is 6.10 Å². The SMILES string of the molecule is CCCNCC(OCCCC(C)C)c1ccccc1. The molecule has 1 aromatic rings. The molecule has 0 radical (unpaired) electrons. The molecule has 2 nitrogen and oxygen atoms in total. The number of hydrogen-bond donors (Lipinski definition) is 1. The molecule has 1 N–H and O–H groups in total. The zero-order chi connectivity index (χ0) is 13.9. The molecule has 0 saturated heterocycles. The smallest absolute Gasteiger partial charge is 0.0949 e. The highest BCUT2D eigenvalue weighted by Crippen LogP contribution is 2.17. The molecule has 0 saturated carbocycles. The van der Waals surface area contributed by atoms with Crippen LogP contribution >= 0.6 is 0 Å². The first-order valence-electron chi connectivity index (χ1n) is 7.61. The summed E-state index contributed by atoms with van der Waals surface area (Å²) in [4.78, 5) is 0. The van der Waals surface area contributed by atoms with Crippen molar-refractivity contribution in [3.8, 4) is 0 Å². The van der Waals surface area contributed by atoms with Crippen LogP contribution in [0.15, 0.2) is 30.3 Å². The molecular weight excluding hydrogens is 234 g/mol. The van der Waals surface area contributed by atoms with Crippen LogP contribution in [-0.4, -0.2) is 19.7 Å². The van der Waals surface area contributed by atoms with Crippen LogP contribution in [0.4, 0.5) is 0 Å². The molecule has 0 spiro atoms. The van der Waals surface area contributed by atoms with E-state index in [1.165, 1.54) is 12.0 Å². The molecule has 0 aromatic heterocycles. The maximum Gasteiger partial charge on any atom is 0.0949 e. The van der Waals surface area contributed by atoms with Gasteiger partial charge in [-0.3, -0.25) is 0 Å². The van der Waals surface area contributed by atoms with Gasteiger partial charge in [0.1, 0.15) is 0 Å². The molecule has 1 rings (SSSR count). The van der Waals surface area contributed by atoms with Gasteiger partial charge in [-0.25, -0.2) is 0 Å². The van der Waals surface area contributed by atoms with Crippen molar-refractivity contribution in [1.29, 1.82) is 0 Å². The van der Waals surface area contributed by atoms with Gasteiger partial charge in [0.2, 0.25) is 0 Å². The van der Waals surface area contributed by atoms with Crippen molar-refractivity contribution in [2.45, 2.75) is 46.1 Å². The van der Waals surface area contributed by atoms with Gasteiger partial charge >= 0.3 is 0 Å². The van der Waals surface area contributed by atoms with E-state index in [1.54, 1.807) is 0 Å². The number of nitrogens with one attached hydrogen (secondary N) is 1. The Labute approximate surface area is 118 Å². The third-order valence-corrected chi connectivity index (χ3v) is 3.17. The van der Waals surface area contributed by atoms with Gasteiger partial charge in [-0.1, -0.05) is 51.1 Å². The van der Waals surface area contributed by atoms with Gasteiger partial charge in [0.05, 0.1) is 6.10 Å². The fourth-order valence-electron chi connectivity index (χ4n) is 2.07. The molecule has 2 heteroatoms. The summed E-state index contributed by atoms with van der Waals surface area (Å²) in [7, 11) is 0. The van der Waals surface area contributed by atoms with Crippen molar-refractivity contribution in [3.63, 3.8) is 0 Å². The zero-order valence-corrected chi connectivity index (χ0v) is 12.7. The minimum atomic E-state index is 0.180. The average Bonchev–Trinajstić information content (AvgIpc) is 2.42. The van der Waals surface area contributed by atoms with Crippen molar-refractivity contribution in [2.75, 3.05) is 19.7 Å². The molecule has 0 amide bonds. The molecule has 108 valence electrons. The summed E-state index contributed by atoms with van der Waals surface area (Å²) in [5, 5.41) is 3.46. The number of hydrogen-bond acceptors (Lipinski definition) is 2. The van der Waals surface area contributed by atoms with Gasteiger partial charge in [-0.2, -0.15) is 0 Å². The van der Waals surface area contributed by atoms with E-state index in [9.17, 15) is 0 Å². The number of rotatable bonds is 10. The highest BCUT2D eigenvalue weighted by atomic mass is 16.5. The molecule has 1 aromatic carbocycles. The maximum absolute atomic E-state index is 6.06. The van der Waals surface area contributed by atoms with Crippen LogP contribution in [-0.2, 0) is 4.74 Å². The van der Waals surface area contributed by atoms with Crippen LogP contribution in [0.25, 0.3) is 0 Å². The molecule has 0 heterocycles. The van der Waals surface area contributed by atoms with Crippen LogP contribution in [0.2, 0.25) is 0 Å². The van der Waals surface area contributed by atoms with Crippen LogP contribution in [0, 0.1) is 5.92 Å². The summed E-state index contributed by atoms with van der Waals surface area (Å²) in [6.07, 6.45) is 3.73. The Morgan fingerprint density at radius 3 is 2.53 bits per heavy atom. The largest absolute Gasteiger partial charge is 0.372 e. The first kappa shape index (κ1) is 16.2. The molecule has 19 heavy (non-hydrogen) atoms.